The molecule has 1 atom stereocenters. The third-order valence-corrected chi connectivity index (χ3v) is 3.03. The Hall–Kier alpha value is -2.27. The van der Waals surface area contributed by atoms with Crippen molar-refractivity contribution in [3.63, 3.8) is 0 Å². The minimum absolute atomic E-state index is 0.0638. The largest absolute Gasteiger partial charge is 0.324 e. The van der Waals surface area contributed by atoms with Crippen molar-refractivity contribution in [3.8, 4) is 0 Å². The predicted octanol–water partition coefficient (Wildman–Crippen LogP) is 2.54. The lowest BCUT2D eigenvalue weighted by Crippen LogP contribution is -2.15. The molecule has 0 saturated heterocycles. The molecule has 0 amide bonds. The second kappa shape index (κ2) is 5.58. The van der Waals surface area contributed by atoms with Gasteiger partial charge in [-0.05, 0) is 18.6 Å². The van der Waals surface area contributed by atoms with E-state index in [0.717, 1.165) is 5.56 Å². The molecule has 1 heterocycles. The fraction of sp³-hybridized carbons (Fsp3) is 0.214. The Labute approximate surface area is 111 Å². The highest BCUT2D eigenvalue weighted by Gasteiger charge is 2.20. The van der Waals surface area contributed by atoms with Gasteiger partial charge in [0.15, 0.2) is 0 Å². The van der Waals surface area contributed by atoms with Crippen LogP contribution in [0.25, 0.3) is 0 Å². The molecule has 0 spiro atoms. The summed E-state index contributed by atoms with van der Waals surface area (Å²) in [7, 11) is 0. The molecule has 5 heteroatoms. The van der Waals surface area contributed by atoms with Gasteiger partial charge < -0.3 is 5.73 Å². The monoisotopic (exact) mass is 257 g/mol. The Morgan fingerprint density at radius 1 is 1.32 bits per heavy atom. The first-order chi connectivity index (χ1) is 9.09. The molecule has 0 saturated carbocycles. The number of hydrogen-bond acceptors (Lipinski definition) is 4. The van der Waals surface area contributed by atoms with Crippen LogP contribution < -0.4 is 5.73 Å². The number of nitrogens with zero attached hydrogens (tertiary/aromatic N) is 2. The minimum Gasteiger partial charge on any atom is -0.324 e. The van der Waals surface area contributed by atoms with Crippen molar-refractivity contribution >= 4 is 5.69 Å². The molecule has 19 heavy (non-hydrogen) atoms. The van der Waals surface area contributed by atoms with Crippen LogP contribution in [0.15, 0.2) is 42.6 Å². The van der Waals surface area contributed by atoms with E-state index in [1.165, 1.54) is 0 Å². The molecule has 2 rings (SSSR count). The van der Waals surface area contributed by atoms with Crippen LogP contribution in [-0.4, -0.2) is 9.91 Å². The molecule has 0 aliphatic rings. The number of aryl methyl sites for hydroxylation is 1. The molecule has 0 bridgehead atoms. The van der Waals surface area contributed by atoms with Gasteiger partial charge in [0.2, 0.25) is 0 Å². The molecule has 1 aromatic heterocycles. The van der Waals surface area contributed by atoms with Crippen LogP contribution in [0, 0.1) is 17.0 Å². The summed E-state index contributed by atoms with van der Waals surface area (Å²) in [4.78, 5) is 14.8. The highest BCUT2D eigenvalue weighted by Crippen LogP contribution is 2.25. The van der Waals surface area contributed by atoms with E-state index in [1.54, 1.807) is 19.2 Å². The minimum atomic E-state index is -0.393. The second-order valence-electron chi connectivity index (χ2n) is 4.40. The number of nitrogens with two attached hydrogens (primary N) is 1. The van der Waals surface area contributed by atoms with Gasteiger partial charge in [0, 0.05) is 24.2 Å². The highest BCUT2D eigenvalue weighted by molar-refractivity contribution is 5.43. The van der Waals surface area contributed by atoms with E-state index >= 15 is 0 Å². The first-order valence-corrected chi connectivity index (χ1v) is 5.99. The Morgan fingerprint density at radius 2 is 2.00 bits per heavy atom. The van der Waals surface area contributed by atoms with Crippen molar-refractivity contribution < 1.29 is 4.92 Å². The molecule has 0 aliphatic heterocycles. The van der Waals surface area contributed by atoms with Crippen LogP contribution in [0.3, 0.4) is 0 Å². The molecule has 0 aliphatic carbocycles. The molecular weight excluding hydrogens is 242 g/mol. The van der Waals surface area contributed by atoms with E-state index < -0.39 is 4.92 Å². The molecule has 2 aromatic rings. The first kappa shape index (κ1) is 13.2. The number of nitro groups is 1. The molecule has 0 fully saturated rings. The van der Waals surface area contributed by atoms with E-state index in [-0.39, 0.29) is 11.7 Å². The summed E-state index contributed by atoms with van der Waals surface area (Å²) < 4.78 is 0. The van der Waals surface area contributed by atoms with Crippen LogP contribution >= 0.6 is 0 Å². The number of rotatable bonds is 4. The van der Waals surface area contributed by atoms with Crippen molar-refractivity contribution in [1.29, 1.82) is 0 Å². The molecule has 98 valence electrons. The van der Waals surface area contributed by atoms with Gasteiger partial charge in [0.25, 0.3) is 5.69 Å². The summed E-state index contributed by atoms with van der Waals surface area (Å²) in [6.45, 7) is 1.71. The third-order valence-electron chi connectivity index (χ3n) is 3.03. The summed E-state index contributed by atoms with van der Waals surface area (Å²) >= 11 is 0. The zero-order valence-electron chi connectivity index (χ0n) is 10.6. The molecular formula is C14H15N3O2. The topological polar surface area (TPSA) is 82.0 Å². The Bertz CT molecular complexity index is 584. The zero-order chi connectivity index (χ0) is 13.8. The van der Waals surface area contributed by atoms with Crippen molar-refractivity contribution in [1.82, 2.24) is 4.98 Å². The van der Waals surface area contributed by atoms with Crippen molar-refractivity contribution in [2.45, 2.75) is 19.4 Å². The maximum absolute atomic E-state index is 11.1. The van der Waals surface area contributed by atoms with Gasteiger partial charge in [-0.2, -0.15) is 0 Å². The molecule has 1 unspecified atom stereocenters. The number of hydrogen-bond donors (Lipinski definition) is 1. The SMILES string of the molecule is Cc1ccnc(CC(N)c2ccccc2)c1[N+](=O)[O-]. The number of aromatic nitrogens is 1. The van der Waals surface area contributed by atoms with Crippen LogP contribution in [-0.2, 0) is 6.42 Å². The first-order valence-electron chi connectivity index (χ1n) is 5.99. The van der Waals surface area contributed by atoms with Crippen molar-refractivity contribution in [3.05, 3.63) is 69.5 Å². The van der Waals surface area contributed by atoms with Gasteiger partial charge in [-0.3, -0.25) is 15.1 Å². The average molecular weight is 257 g/mol. The second-order valence-corrected chi connectivity index (χ2v) is 4.40. The van der Waals surface area contributed by atoms with E-state index in [1.807, 2.05) is 30.3 Å². The fourth-order valence-electron chi connectivity index (χ4n) is 2.03. The lowest BCUT2D eigenvalue weighted by atomic mass is 10.0. The maximum Gasteiger partial charge on any atom is 0.293 e. The van der Waals surface area contributed by atoms with Gasteiger partial charge in [-0.25, -0.2) is 0 Å². The highest BCUT2D eigenvalue weighted by atomic mass is 16.6. The standard InChI is InChI=1S/C14H15N3O2/c1-10-7-8-16-13(14(10)17(18)19)9-12(15)11-5-3-2-4-6-11/h2-8,12H,9,15H2,1H3. The fourth-order valence-corrected chi connectivity index (χ4v) is 2.03. The van der Waals surface area contributed by atoms with E-state index in [9.17, 15) is 10.1 Å². The summed E-state index contributed by atoms with van der Waals surface area (Å²) in [6, 6.07) is 10.9. The average Bonchev–Trinajstić information content (AvgIpc) is 2.39. The lowest BCUT2D eigenvalue weighted by molar-refractivity contribution is -0.386. The van der Waals surface area contributed by atoms with Crippen molar-refractivity contribution in [2.24, 2.45) is 5.73 Å². The molecule has 5 nitrogen and oxygen atoms in total. The smallest absolute Gasteiger partial charge is 0.293 e. The summed E-state index contributed by atoms with van der Waals surface area (Å²) in [5.74, 6) is 0. The summed E-state index contributed by atoms with van der Waals surface area (Å²) in [6.07, 6.45) is 1.93. The summed E-state index contributed by atoms with van der Waals surface area (Å²) in [5.41, 5.74) is 8.13. The van der Waals surface area contributed by atoms with E-state index in [2.05, 4.69) is 4.98 Å². The number of benzene rings is 1. The van der Waals surface area contributed by atoms with Gasteiger partial charge in [-0.1, -0.05) is 30.3 Å². The van der Waals surface area contributed by atoms with Gasteiger partial charge in [-0.15, -0.1) is 0 Å². The van der Waals surface area contributed by atoms with E-state index in [0.29, 0.717) is 17.7 Å². The Kier molecular flexibility index (Phi) is 3.87. The van der Waals surface area contributed by atoms with E-state index in [4.69, 9.17) is 5.73 Å². The molecule has 0 radical (unpaired) electrons. The predicted molar refractivity (Wildman–Crippen MR) is 72.7 cm³/mol. The Balaban J connectivity index is 2.29. The van der Waals surface area contributed by atoms with Crippen LogP contribution in [0.2, 0.25) is 0 Å². The van der Waals surface area contributed by atoms with Gasteiger partial charge in [0.1, 0.15) is 5.69 Å². The van der Waals surface area contributed by atoms with Crippen LogP contribution in [0.1, 0.15) is 22.9 Å². The van der Waals surface area contributed by atoms with Crippen LogP contribution in [0.5, 0.6) is 0 Å². The van der Waals surface area contributed by atoms with Crippen molar-refractivity contribution in [2.75, 3.05) is 0 Å². The normalized spacial score (nSPS) is 12.1. The lowest BCUT2D eigenvalue weighted by Gasteiger charge is -2.12. The quantitative estimate of drug-likeness (QED) is 0.674. The van der Waals surface area contributed by atoms with Gasteiger partial charge >= 0.3 is 0 Å². The third kappa shape index (κ3) is 2.95. The molecule has 2 N–H and O–H groups in total. The maximum atomic E-state index is 11.1. The van der Waals surface area contributed by atoms with Gasteiger partial charge in [0.05, 0.1) is 4.92 Å². The number of pyridine rings is 1. The zero-order valence-corrected chi connectivity index (χ0v) is 10.6. The molecule has 1 aromatic carbocycles. The summed E-state index contributed by atoms with van der Waals surface area (Å²) in [5, 5.41) is 11.1. The Morgan fingerprint density at radius 3 is 2.63 bits per heavy atom. The van der Waals surface area contributed by atoms with Crippen LogP contribution in [0.4, 0.5) is 5.69 Å².